The fourth-order valence-corrected chi connectivity index (χ4v) is 2.38. The maximum absolute atomic E-state index is 6.00. The summed E-state index contributed by atoms with van der Waals surface area (Å²) >= 11 is 0. The van der Waals surface area contributed by atoms with Crippen molar-refractivity contribution in [2.75, 3.05) is 5.73 Å². The number of fused-ring (bicyclic) bond motifs is 3. The molecule has 5 nitrogen and oxygen atoms in total. The van der Waals surface area contributed by atoms with Crippen molar-refractivity contribution in [1.82, 2.24) is 19.5 Å². The maximum atomic E-state index is 6.00. The van der Waals surface area contributed by atoms with E-state index in [4.69, 9.17) is 5.73 Å². The standard InChI is InChI=1S/C13H15N5.2C2H6/c1-3-9-17-11-12(18(9)4-2)10-8(16-13(11)14)6-5-7-15-10;2*1-2/h5-7H,3-4H2,1-2H3,(H2,14,16);2*1-2H3. The molecule has 0 saturated carbocycles. The topological polar surface area (TPSA) is 69.6 Å². The van der Waals surface area contributed by atoms with Crippen molar-refractivity contribution in [2.24, 2.45) is 0 Å². The van der Waals surface area contributed by atoms with E-state index in [9.17, 15) is 0 Å². The molecule has 0 amide bonds. The first-order chi connectivity index (χ1) is 10.8. The average Bonchev–Trinajstić information content (AvgIpc) is 2.98. The number of nitrogens with zero attached hydrogens (tertiary/aromatic N) is 4. The fourth-order valence-electron chi connectivity index (χ4n) is 2.38. The molecule has 0 unspecified atom stereocenters. The zero-order chi connectivity index (χ0) is 16.7. The highest BCUT2D eigenvalue weighted by atomic mass is 15.1. The van der Waals surface area contributed by atoms with E-state index in [-0.39, 0.29) is 0 Å². The molecule has 0 fully saturated rings. The van der Waals surface area contributed by atoms with Gasteiger partial charge in [-0.05, 0) is 19.1 Å². The lowest BCUT2D eigenvalue weighted by atomic mass is 10.2. The Kier molecular flexibility index (Phi) is 6.76. The van der Waals surface area contributed by atoms with E-state index in [1.807, 2.05) is 39.8 Å². The highest BCUT2D eigenvalue weighted by Gasteiger charge is 2.15. The third-order valence-electron chi connectivity index (χ3n) is 3.17. The summed E-state index contributed by atoms with van der Waals surface area (Å²) in [5, 5.41) is 0. The van der Waals surface area contributed by atoms with E-state index in [0.29, 0.717) is 5.82 Å². The number of pyridine rings is 2. The molecule has 0 atom stereocenters. The Hall–Kier alpha value is -2.17. The SMILES string of the molecule is CC.CC.CCc1nc2c(N)nc3cccnc3c2n1CC. The Morgan fingerprint density at radius 1 is 1.05 bits per heavy atom. The predicted molar refractivity (Wildman–Crippen MR) is 95.0 cm³/mol. The summed E-state index contributed by atoms with van der Waals surface area (Å²) < 4.78 is 2.17. The summed E-state index contributed by atoms with van der Waals surface area (Å²) in [5.74, 6) is 1.51. The van der Waals surface area contributed by atoms with E-state index in [0.717, 1.165) is 40.9 Å². The molecule has 0 aromatic carbocycles. The Bertz CT molecular complexity index is 731. The number of nitrogens with two attached hydrogens (primary N) is 1. The fraction of sp³-hybridized carbons (Fsp3) is 0.471. The van der Waals surface area contributed by atoms with E-state index >= 15 is 0 Å². The minimum absolute atomic E-state index is 0.479. The van der Waals surface area contributed by atoms with E-state index in [2.05, 4.69) is 33.4 Å². The number of imidazole rings is 1. The number of hydrogen-bond donors (Lipinski definition) is 1. The number of rotatable bonds is 2. The lowest BCUT2D eigenvalue weighted by Crippen LogP contribution is -2.01. The molecular formula is C17H27N5. The van der Waals surface area contributed by atoms with Crippen molar-refractivity contribution in [3.8, 4) is 0 Å². The van der Waals surface area contributed by atoms with Gasteiger partial charge in [-0.1, -0.05) is 34.6 Å². The minimum Gasteiger partial charge on any atom is -0.382 e. The molecule has 2 N–H and O–H groups in total. The van der Waals surface area contributed by atoms with Gasteiger partial charge in [-0.2, -0.15) is 0 Å². The minimum atomic E-state index is 0.479. The maximum Gasteiger partial charge on any atom is 0.152 e. The molecule has 3 heterocycles. The Morgan fingerprint density at radius 2 is 1.73 bits per heavy atom. The van der Waals surface area contributed by atoms with Crippen LogP contribution in [0, 0.1) is 0 Å². The van der Waals surface area contributed by atoms with Gasteiger partial charge in [0.1, 0.15) is 22.4 Å². The van der Waals surface area contributed by atoms with Crippen LogP contribution >= 0.6 is 0 Å². The highest BCUT2D eigenvalue weighted by molar-refractivity contribution is 6.04. The number of nitrogen functional groups attached to an aromatic ring is 1. The first-order valence-electron chi connectivity index (χ1n) is 8.15. The number of aryl methyl sites for hydroxylation is 2. The number of hydrogen-bond acceptors (Lipinski definition) is 4. The van der Waals surface area contributed by atoms with Crippen LogP contribution in [-0.4, -0.2) is 19.5 Å². The molecule has 3 rings (SSSR count). The molecule has 0 aliphatic heterocycles. The van der Waals surface area contributed by atoms with Gasteiger partial charge in [-0.15, -0.1) is 0 Å². The second-order valence-corrected chi connectivity index (χ2v) is 4.19. The molecule has 3 aromatic heterocycles. The van der Waals surface area contributed by atoms with Crippen LogP contribution in [0.15, 0.2) is 18.3 Å². The quantitative estimate of drug-likeness (QED) is 0.770. The van der Waals surface area contributed by atoms with Gasteiger partial charge in [0.05, 0.1) is 5.52 Å². The third-order valence-corrected chi connectivity index (χ3v) is 3.17. The van der Waals surface area contributed by atoms with Gasteiger partial charge in [0.2, 0.25) is 0 Å². The summed E-state index contributed by atoms with van der Waals surface area (Å²) in [6, 6.07) is 3.80. The first kappa shape index (κ1) is 17.9. The number of anilines is 1. The molecule has 3 aromatic rings. The van der Waals surface area contributed by atoms with Crippen LogP contribution in [-0.2, 0) is 13.0 Å². The smallest absolute Gasteiger partial charge is 0.152 e. The van der Waals surface area contributed by atoms with Crippen molar-refractivity contribution in [3.05, 3.63) is 24.2 Å². The Morgan fingerprint density at radius 3 is 2.32 bits per heavy atom. The van der Waals surface area contributed by atoms with Crippen molar-refractivity contribution in [2.45, 2.75) is 54.5 Å². The average molecular weight is 301 g/mol. The molecule has 22 heavy (non-hydrogen) atoms. The molecule has 0 bridgehead atoms. The largest absolute Gasteiger partial charge is 0.382 e. The van der Waals surface area contributed by atoms with Crippen LogP contribution in [0.3, 0.4) is 0 Å². The normalized spacial score (nSPS) is 9.91. The van der Waals surface area contributed by atoms with Crippen molar-refractivity contribution in [1.29, 1.82) is 0 Å². The van der Waals surface area contributed by atoms with E-state index in [1.54, 1.807) is 6.20 Å². The molecule has 0 aliphatic rings. The van der Waals surface area contributed by atoms with Crippen LogP contribution in [0.2, 0.25) is 0 Å². The molecular weight excluding hydrogens is 274 g/mol. The molecule has 0 aliphatic carbocycles. The molecule has 0 spiro atoms. The molecule has 0 radical (unpaired) electrons. The summed E-state index contributed by atoms with van der Waals surface area (Å²) in [6.45, 7) is 13.0. The van der Waals surface area contributed by atoms with Gasteiger partial charge in [0, 0.05) is 19.2 Å². The Labute approximate surface area is 132 Å². The van der Waals surface area contributed by atoms with Gasteiger partial charge >= 0.3 is 0 Å². The monoisotopic (exact) mass is 301 g/mol. The van der Waals surface area contributed by atoms with Gasteiger partial charge in [0.15, 0.2) is 5.82 Å². The lowest BCUT2D eigenvalue weighted by Gasteiger charge is -2.06. The summed E-state index contributed by atoms with van der Waals surface area (Å²) in [7, 11) is 0. The van der Waals surface area contributed by atoms with Gasteiger partial charge < -0.3 is 10.3 Å². The van der Waals surface area contributed by atoms with Crippen LogP contribution in [0.25, 0.3) is 22.1 Å². The predicted octanol–water partition coefficient (Wildman–Crippen LogP) is 4.20. The van der Waals surface area contributed by atoms with Crippen LogP contribution in [0.4, 0.5) is 5.82 Å². The molecule has 5 heteroatoms. The zero-order valence-electron chi connectivity index (χ0n) is 14.5. The van der Waals surface area contributed by atoms with Crippen molar-refractivity contribution < 1.29 is 0 Å². The second-order valence-electron chi connectivity index (χ2n) is 4.19. The third kappa shape index (κ3) is 3.03. The van der Waals surface area contributed by atoms with Crippen LogP contribution < -0.4 is 5.73 Å². The summed E-state index contributed by atoms with van der Waals surface area (Å²) in [4.78, 5) is 13.4. The van der Waals surface area contributed by atoms with Crippen LogP contribution in [0.1, 0.15) is 47.4 Å². The first-order valence-corrected chi connectivity index (χ1v) is 8.15. The Balaban J connectivity index is 0.000000561. The van der Waals surface area contributed by atoms with Crippen LogP contribution in [0.5, 0.6) is 0 Å². The van der Waals surface area contributed by atoms with Crippen molar-refractivity contribution >= 4 is 27.9 Å². The van der Waals surface area contributed by atoms with Gasteiger partial charge in [0.25, 0.3) is 0 Å². The van der Waals surface area contributed by atoms with E-state index in [1.165, 1.54) is 0 Å². The van der Waals surface area contributed by atoms with Crippen molar-refractivity contribution in [3.63, 3.8) is 0 Å². The molecule has 0 saturated heterocycles. The lowest BCUT2D eigenvalue weighted by molar-refractivity contribution is 0.727. The highest BCUT2D eigenvalue weighted by Crippen LogP contribution is 2.27. The summed E-state index contributed by atoms with van der Waals surface area (Å²) in [6.07, 6.45) is 2.65. The van der Waals surface area contributed by atoms with Gasteiger partial charge in [-0.25, -0.2) is 9.97 Å². The second kappa shape index (κ2) is 8.32. The summed E-state index contributed by atoms with van der Waals surface area (Å²) in [5.41, 5.74) is 9.45. The number of aromatic nitrogens is 4. The van der Waals surface area contributed by atoms with E-state index < -0.39 is 0 Å². The zero-order valence-corrected chi connectivity index (χ0v) is 14.5. The molecule has 120 valence electrons. The van der Waals surface area contributed by atoms with Gasteiger partial charge in [-0.3, -0.25) is 4.98 Å².